The first kappa shape index (κ1) is 14.9. The summed E-state index contributed by atoms with van der Waals surface area (Å²) in [6.45, 7) is 0. The molecule has 0 saturated heterocycles. The van der Waals surface area contributed by atoms with Crippen molar-refractivity contribution < 1.29 is 31.1 Å². The summed E-state index contributed by atoms with van der Waals surface area (Å²) in [6.07, 6.45) is 0. The van der Waals surface area contributed by atoms with Crippen LogP contribution in [0.1, 0.15) is 10.4 Å². The number of rotatable bonds is 2. The highest BCUT2D eigenvalue weighted by Gasteiger charge is 2.27. The van der Waals surface area contributed by atoms with E-state index in [9.17, 15) is 31.1 Å². The summed E-state index contributed by atoms with van der Waals surface area (Å²) in [5.41, 5.74) is -2.15. The normalized spacial score (nSPS) is 10.6. The van der Waals surface area contributed by atoms with Crippen molar-refractivity contribution in [3.05, 3.63) is 64.7 Å². The number of halogens is 6. The van der Waals surface area contributed by atoms with Crippen LogP contribution in [-0.4, -0.2) is 5.91 Å². The van der Waals surface area contributed by atoms with Crippen molar-refractivity contribution in [2.45, 2.75) is 0 Å². The van der Waals surface area contributed by atoms with Gasteiger partial charge in [0.1, 0.15) is 11.5 Å². The first-order chi connectivity index (χ1) is 9.84. The quantitative estimate of drug-likeness (QED) is 0.511. The molecule has 2 aromatic carbocycles. The van der Waals surface area contributed by atoms with E-state index in [0.717, 1.165) is 12.1 Å². The summed E-state index contributed by atoms with van der Waals surface area (Å²) >= 11 is 0. The van der Waals surface area contributed by atoms with Crippen molar-refractivity contribution in [1.29, 1.82) is 0 Å². The van der Waals surface area contributed by atoms with Crippen LogP contribution in [0.2, 0.25) is 0 Å². The molecule has 1 N–H and O–H groups in total. The first-order valence-electron chi connectivity index (χ1n) is 5.42. The van der Waals surface area contributed by atoms with Gasteiger partial charge < -0.3 is 5.32 Å². The number of carbonyl (C=O) groups excluding carboxylic acids is 1. The molecule has 0 radical (unpaired) electrons. The van der Waals surface area contributed by atoms with Gasteiger partial charge in [0.2, 0.25) is 5.82 Å². The number of anilines is 1. The molecule has 2 aromatic rings. The SMILES string of the molecule is O=C(Nc1c(F)c(F)c(F)c(F)c1F)c1ccccc1F. The minimum atomic E-state index is -2.35. The highest BCUT2D eigenvalue weighted by molar-refractivity contribution is 6.04. The zero-order valence-corrected chi connectivity index (χ0v) is 9.99. The number of nitrogens with one attached hydrogen (secondary N) is 1. The van der Waals surface area contributed by atoms with Crippen molar-refractivity contribution in [1.82, 2.24) is 0 Å². The molecule has 0 saturated carbocycles. The van der Waals surface area contributed by atoms with E-state index in [-0.39, 0.29) is 0 Å². The third-order valence-corrected chi connectivity index (χ3v) is 2.57. The average Bonchev–Trinajstić information content (AvgIpc) is 2.48. The van der Waals surface area contributed by atoms with Gasteiger partial charge in [0.05, 0.1) is 5.56 Å². The van der Waals surface area contributed by atoms with Gasteiger partial charge in [-0.05, 0) is 12.1 Å². The largest absolute Gasteiger partial charge is 0.317 e. The van der Waals surface area contributed by atoms with E-state index in [4.69, 9.17) is 0 Å². The summed E-state index contributed by atoms with van der Waals surface area (Å²) in [5.74, 6) is -13.6. The zero-order valence-electron chi connectivity index (χ0n) is 9.99. The molecule has 0 atom stereocenters. The Morgan fingerprint density at radius 2 is 1.24 bits per heavy atom. The minimum absolute atomic E-state index is 0.610. The number of hydrogen-bond acceptors (Lipinski definition) is 1. The number of hydrogen-bond donors (Lipinski definition) is 1. The maximum absolute atomic E-state index is 13.3. The van der Waals surface area contributed by atoms with Gasteiger partial charge in [-0.15, -0.1) is 0 Å². The molecule has 110 valence electrons. The van der Waals surface area contributed by atoms with Crippen molar-refractivity contribution in [2.75, 3.05) is 5.32 Å². The van der Waals surface area contributed by atoms with Crippen LogP contribution in [0.5, 0.6) is 0 Å². The second kappa shape index (κ2) is 5.47. The lowest BCUT2D eigenvalue weighted by Gasteiger charge is -2.10. The lowest BCUT2D eigenvalue weighted by atomic mass is 10.2. The third kappa shape index (κ3) is 2.56. The molecule has 0 aromatic heterocycles. The third-order valence-electron chi connectivity index (χ3n) is 2.57. The van der Waals surface area contributed by atoms with Crippen LogP contribution in [0.3, 0.4) is 0 Å². The lowest BCUT2D eigenvalue weighted by molar-refractivity contribution is 0.102. The standard InChI is InChI=1S/C13H5F6NO/c14-6-4-2-1-3-5(6)13(21)20-12-10(18)8(16)7(15)9(17)11(12)19/h1-4H,(H,20,21). The van der Waals surface area contributed by atoms with Gasteiger partial charge in [0.15, 0.2) is 23.3 Å². The molecular formula is C13H5F6NO. The summed E-state index contributed by atoms with van der Waals surface area (Å²) < 4.78 is 78.7. The van der Waals surface area contributed by atoms with Gasteiger partial charge >= 0.3 is 0 Å². The molecule has 0 fully saturated rings. The summed E-state index contributed by atoms with van der Waals surface area (Å²) in [5, 5.41) is 1.47. The topological polar surface area (TPSA) is 29.1 Å². The molecule has 8 heteroatoms. The number of amides is 1. The van der Waals surface area contributed by atoms with E-state index >= 15 is 0 Å². The summed E-state index contributed by atoms with van der Waals surface area (Å²) in [4.78, 5) is 11.6. The molecule has 0 spiro atoms. The fourth-order valence-electron chi connectivity index (χ4n) is 1.54. The smallest absolute Gasteiger partial charge is 0.258 e. The minimum Gasteiger partial charge on any atom is -0.317 e. The highest BCUT2D eigenvalue weighted by Crippen LogP contribution is 2.27. The Balaban J connectivity index is 2.46. The molecule has 1 amide bonds. The highest BCUT2D eigenvalue weighted by atomic mass is 19.2. The monoisotopic (exact) mass is 305 g/mol. The zero-order chi connectivity index (χ0) is 15.7. The van der Waals surface area contributed by atoms with Gasteiger partial charge in [-0.3, -0.25) is 4.79 Å². The summed E-state index contributed by atoms with van der Waals surface area (Å²) in [6, 6.07) is 4.39. The van der Waals surface area contributed by atoms with Crippen LogP contribution in [0.15, 0.2) is 24.3 Å². The van der Waals surface area contributed by atoms with Crippen LogP contribution < -0.4 is 5.32 Å². The van der Waals surface area contributed by atoms with E-state index < -0.39 is 52.1 Å². The van der Waals surface area contributed by atoms with Crippen LogP contribution in [0, 0.1) is 34.9 Å². The average molecular weight is 305 g/mol. The molecule has 0 unspecified atom stereocenters. The van der Waals surface area contributed by atoms with Gasteiger partial charge in [0, 0.05) is 0 Å². The van der Waals surface area contributed by atoms with Crippen molar-refractivity contribution in [2.24, 2.45) is 0 Å². The number of carbonyl (C=O) groups is 1. The maximum Gasteiger partial charge on any atom is 0.258 e. The van der Waals surface area contributed by atoms with E-state index in [1.165, 1.54) is 17.4 Å². The second-order valence-corrected chi connectivity index (χ2v) is 3.88. The van der Waals surface area contributed by atoms with E-state index in [1.54, 1.807) is 0 Å². The van der Waals surface area contributed by atoms with Crippen LogP contribution >= 0.6 is 0 Å². The van der Waals surface area contributed by atoms with Gasteiger partial charge in [-0.2, -0.15) is 0 Å². The van der Waals surface area contributed by atoms with Crippen LogP contribution in [-0.2, 0) is 0 Å². The van der Waals surface area contributed by atoms with Gasteiger partial charge in [-0.1, -0.05) is 12.1 Å². The van der Waals surface area contributed by atoms with E-state index in [2.05, 4.69) is 0 Å². The predicted molar refractivity (Wildman–Crippen MR) is 60.6 cm³/mol. The second-order valence-electron chi connectivity index (χ2n) is 3.88. The predicted octanol–water partition coefficient (Wildman–Crippen LogP) is 3.77. The van der Waals surface area contributed by atoms with Crippen molar-refractivity contribution in [3.63, 3.8) is 0 Å². The van der Waals surface area contributed by atoms with Gasteiger partial charge in [-0.25, -0.2) is 26.3 Å². The Morgan fingerprint density at radius 1 is 0.762 bits per heavy atom. The Bertz CT molecular complexity index is 702. The van der Waals surface area contributed by atoms with Crippen molar-refractivity contribution >= 4 is 11.6 Å². The molecule has 0 aliphatic heterocycles. The van der Waals surface area contributed by atoms with E-state index in [1.807, 2.05) is 0 Å². The number of benzene rings is 2. The molecule has 21 heavy (non-hydrogen) atoms. The molecule has 0 bridgehead atoms. The van der Waals surface area contributed by atoms with Crippen LogP contribution in [0.4, 0.5) is 32.0 Å². The molecule has 0 aliphatic rings. The fraction of sp³-hybridized carbons (Fsp3) is 0. The molecule has 2 nitrogen and oxygen atoms in total. The van der Waals surface area contributed by atoms with Gasteiger partial charge in [0.25, 0.3) is 5.91 Å². The van der Waals surface area contributed by atoms with Crippen LogP contribution in [0.25, 0.3) is 0 Å². The molecule has 0 heterocycles. The van der Waals surface area contributed by atoms with E-state index in [0.29, 0.717) is 0 Å². The lowest BCUT2D eigenvalue weighted by Crippen LogP contribution is -2.18. The van der Waals surface area contributed by atoms with Crippen molar-refractivity contribution in [3.8, 4) is 0 Å². The Kier molecular flexibility index (Phi) is 3.88. The Hall–Kier alpha value is -2.51. The first-order valence-corrected chi connectivity index (χ1v) is 5.42. The summed E-state index contributed by atoms with van der Waals surface area (Å²) in [7, 11) is 0. The molecule has 2 rings (SSSR count). The fourth-order valence-corrected chi connectivity index (χ4v) is 1.54. The molecule has 0 aliphatic carbocycles. The Labute approximate surface area is 114 Å². The Morgan fingerprint density at radius 3 is 1.76 bits per heavy atom. The molecular weight excluding hydrogens is 300 g/mol. The maximum atomic E-state index is 13.3.